The molecule has 2 aromatic carbocycles. The quantitative estimate of drug-likeness (QED) is 0.639. The number of rotatable bonds is 4. The van der Waals surface area contributed by atoms with Crippen LogP contribution in [0.3, 0.4) is 0 Å². The average Bonchev–Trinajstić information content (AvgIpc) is 2.74. The van der Waals surface area contributed by atoms with Crippen molar-refractivity contribution in [1.29, 1.82) is 0 Å². The third kappa shape index (κ3) is 3.59. The maximum absolute atomic E-state index is 13.5. The molecule has 144 valence electrons. The fourth-order valence-corrected chi connectivity index (χ4v) is 4.11. The minimum absolute atomic E-state index is 0.123. The third-order valence-electron chi connectivity index (χ3n) is 5.79. The van der Waals surface area contributed by atoms with Gasteiger partial charge in [0.2, 0.25) is 5.43 Å². The molecule has 0 unspecified atom stereocenters. The molecule has 0 bridgehead atoms. The van der Waals surface area contributed by atoms with Crippen molar-refractivity contribution in [2.75, 3.05) is 0 Å². The summed E-state index contributed by atoms with van der Waals surface area (Å²) in [6, 6.07) is 15.3. The molecular weight excluding hydrogens is 350 g/mol. The van der Waals surface area contributed by atoms with E-state index in [1.54, 1.807) is 18.2 Å². The van der Waals surface area contributed by atoms with Gasteiger partial charge in [0.15, 0.2) is 0 Å². The van der Waals surface area contributed by atoms with Gasteiger partial charge in [0.25, 0.3) is 5.91 Å². The Morgan fingerprint density at radius 2 is 1.75 bits per heavy atom. The van der Waals surface area contributed by atoms with E-state index in [1.165, 1.54) is 12.7 Å². The maximum atomic E-state index is 13.5. The lowest BCUT2D eigenvalue weighted by molar-refractivity contribution is 0.0610. The Labute approximate surface area is 164 Å². The van der Waals surface area contributed by atoms with Crippen molar-refractivity contribution in [3.63, 3.8) is 0 Å². The zero-order valence-electron chi connectivity index (χ0n) is 16.2. The first-order valence-corrected chi connectivity index (χ1v) is 10.0. The number of hydrogen-bond donors (Lipinski definition) is 0. The SMILES string of the molecule is Cc1ccccc1CN(C(=O)c1coc2ccccc2c1=O)C1CCCCC1. The molecule has 1 saturated carbocycles. The Morgan fingerprint density at radius 3 is 2.54 bits per heavy atom. The van der Waals surface area contributed by atoms with Gasteiger partial charge in [-0.3, -0.25) is 9.59 Å². The second-order valence-electron chi connectivity index (χ2n) is 7.63. The van der Waals surface area contributed by atoms with Crippen LogP contribution in [0, 0.1) is 6.92 Å². The van der Waals surface area contributed by atoms with E-state index in [2.05, 4.69) is 19.1 Å². The van der Waals surface area contributed by atoms with Crippen LogP contribution < -0.4 is 5.43 Å². The zero-order valence-corrected chi connectivity index (χ0v) is 16.2. The second-order valence-corrected chi connectivity index (χ2v) is 7.63. The van der Waals surface area contributed by atoms with E-state index >= 15 is 0 Å². The molecule has 0 spiro atoms. The van der Waals surface area contributed by atoms with Gasteiger partial charge in [-0.05, 0) is 43.0 Å². The van der Waals surface area contributed by atoms with Gasteiger partial charge in [-0.1, -0.05) is 55.7 Å². The van der Waals surface area contributed by atoms with Gasteiger partial charge in [0, 0.05) is 12.6 Å². The minimum atomic E-state index is -0.252. The Balaban J connectivity index is 1.73. The van der Waals surface area contributed by atoms with Crippen molar-refractivity contribution in [1.82, 2.24) is 4.90 Å². The molecule has 0 atom stereocenters. The first-order valence-electron chi connectivity index (χ1n) is 10.0. The Kier molecular flexibility index (Phi) is 5.29. The van der Waals surface area contributed by atoms with Crippen molar-refractivity contribution in [2.45, 2.75) is 51.6 Å². The topological polar surface area (TPSA) is 50.5 Å². The van der Waals surface area contributed by atoms with Crippen molar-refractivity contribution in [2.24, 2.45) is 0 Å². The van der Waals surface area contributed by atoms with Gasteiger partial charge in [0.1, 0.15) is 17.4 Å². The molecule has 3 aromatic rings. The molecule has 1 fully saturated rings. The summed E-state index contributed by atoms with van der Waals surface area (Å²) in [5.74, 6) is -0.227. The number of amides is 1. The zero-order chi connectivity index (χ0) is 19.5. The van der Waals surface area contributed by atoms with E-state index in [0.717, 1.165) is 36.8 Å². The Bertz CT molecular complexity index is 1050. The minimum Gasteiger partial charge on any atom is -0.463 e. The van der Waals surface area contributed by atoms with Gasteiger partial charge in [-0.15, -0.1) is 0 Å². The summed E-state index contributed by atoms with van der Waals surface area (Å²) < 4.78 is 5.61. The molecule has 0 radical (unpaired) electrons. The highest BCUT2D eigenvalue weighted by atomic mass is 16.3. The highest BCUT2D eigenvalue weighted by Gasteiger charge is 2.29. The van der Waals surface area contributed by atoms with Crippen LogP contribution >= 0.6 is 0 Å². The third-order valence-corrected chi connectivity index (χ3v) is 5.79. The van der Waals surface area contributed by atoms with Gasteiger partial charge in [-0.2, -0.15) is 0 Å². The summed E-state index contributed by atoms with van der Waals surface area (Å²) in [6.07, 6.45) is 6.75. The molecule has 4 nitrogen and oxygen atoms in total. The molecule has 1 aromatic heterocycles. The normalized spacial score (nSPS) is 14.9. The number of carbonyl (C=O) groups is 1. The molecule has 4 heteroatoms. The summed E-state index contributed by atoms with van der Waals surface area (Å²) in [7, 11) is 0. The lowest BCUT2D eigenvalue weighted by Gasteiger charge is -2.34. The average molecular weight is 375 g/mol. The largest absolute Gasteiger partial charge is 0.463 e. The number of fused-ring (bicyclic) bond motifs is 1. The fourth-order valence-electron chi connectivity index (χ4n) is 4.11. The van der Waals surface area contributed by atoms with Crippen LogP contribution in [0.4, 0.5) is 0 Å². The molecule has 0 aliphatic heterocycles. The monoisotopic (exact) mass is 375 g/mol. The Morgan fingerprint density at radius 1 is 1.04 bits per heavy atom. The summed E-state index contributed by atoms with van der Waals surface area (Å²) >= 11 is 0. The fraction of sp³-hybridized carbons (Fsp3) is 0.333. The van der Waals surface area contributed by atoms with Crippen LogP contribution in [0.2, 0.25) is 0 Å². The first-order chi connectivity index (χ1) is 13.6. The van der Waals surface area contributed by atoms with Crippen LogP contribution in [0.25, 0.3) is 11.0 Å². The predicted molar refractivity (Wildman–Crippen MR) is 110 cm³/mol. The van der Waals surface area contributed by atoms with E-state index < -0.39 is 0 Å². The van der Waals surface area contributed by atoms with E-state index in [0.29, 0.717) is 17.5 Å². The van der Waals surface area contributed by atoms with Crippen LogP contribution in [-0.4, -0.2) is 16.8 Å². The highest BCUT2D eigenvalue weighted by Crippen LogP contribution is 2.26. The molecule has 4 rings (SSSR count). The maximum Gasteiger partial charge on any atom is 0.261 e. The van der Waals surface area contributed by atoms with Crippen LogP contribution in [-0.2, 0) is 6.54 Å². The molecule has 0 N–H and O–H groups in total. The smallest absolute Gasteiger partial charge is 0.261 e. The van der Waals surface area contributed by atoms with Crippen LogP contribution in [0.5, 0.6) is 0 Å². The van der Waals surface area contributed by atoms with E-state index in [4.69, 9.17) is 4.42 Å². The number of hydrogen-bond acceptors (Lipinski definition) is 3. The van der Waals surface area contributed by atoms with Crippen LogP contribution in [0.1, 0.15) is 53.6 Å². The van der Waals surface area contributed by atoms with Crippen molar-refractivity contribution in [3.05, 3.63) is 81.7 Å². The van der Waals surface area contributed by atoms with Gasteiger partial charge in [-0.25, -0.2) is 0 Å². The molecule has 0 saturated heterocycles. The van der Waals surface area contributed by atoms with Crippen molar-refractivity contribution in [3.8, 4) is 0 Å². The first kappa shape index (κ1) is 18.5. The van der Waals surface area contributed by atoms with E-state index in [1.807, 2.05) is 23.1 Å². The van der Waals surface area contributed by atoms with Crippen molar-refractivity contribution >= 4 is 16.9 Å². The van der Waals surface area contributed by atoms with E-state index in [9.17, 15) is 9.59 Å². The van der Waals surface area contributed by atoms with E-state index in [-0.39, 0.29) is 22.9 Å². The van der Waals surface area contributed by atoms with Gasteiger partial charge < -0.3 is 9.32 Å². The Hall–Kier alpha value is -2.88. The molecule has 1 heterocycles. The van der Waals surface area contributed by atoms with Crippen molar-refractivity contribution < 1.29 is 9.21 Å². The number of nitrogens with zero attached hydrogens (tertiary/aromatic N) is 1. The van der Waals surface area contributed by atoms with Crippen LogP contribution in [0.15, 0.2) is 64.0 Å². The molecule has 28 heavy (non-hydrogen) atoms. The number of para-hydroxylation sites is 1. The lowest BCUT2D eigenvalue weighted by atomic mass is 9.93. The molecular formula is C24H25NO3. The number of aryl methyl sites for hydroxylation is 1. The summed E-state index contributed by atoms with van der Waals surface area (Å²) in [6.45, 7) is 2.58. The van der Waals surface area contributed by atoms with Gasteiger partial charge >= 0.3 is 0 Å². The molecule has 1 aliphatic rings. The summed E-state index contributed by atoms with van der Waals surface area (Å²) in [5.41, 5.74) is 2.65. The highest BCUT2D eigenvalue weighted by molar-refractivity contribution is 5.96. The van der Waals surface area contributed by atoms with Gasteiger partial charge in [0.05, 0.1) is 5.39 Å². The molecule has 1 aliphatic carbocycles. The standard InChI is InChI=1S/C24H25NO3/c1-17-9-5-6-10-18(17)15-25(19-11-3-2-4-12-19)24(27)21-16-28-22-14-8-7-13-20(22)23(21)26/h5-10,13-14,16,19H,2-4,11-12,15H2,1H3. The number of carbonyl (C=O) groups excluding carboxylic acids is 1. The summed E-state index contributed by atoms with van der Waals surface area (Å²) in [4.78, 5) is 28.4. The summed E-state index contributed by atoms with van der Waals surface area (Å²) in [5, 5.41) is 0.452. The second kappa shape index (κ2) is 8.01. The number of benzene rings is 2. The molecule has 1 amide bonds. The predicted octanol–water partition coefficient (Wildman–Crippen LogP) is 5.08. The lowest BCUT2D eigenvalue weighted by Crippen LogP contribution is -2.42.